The van der Waals surface area contributed by atoms with Gasteiger partial charge in [0.25, 0.3) is 0 Å². The Balaban J connectivity index is 2.06. The first-order valence-corrected chi connectivity index (χ1v) is 7.08. The van der Waals surface area contributed by atoms with Gasteiger partial charge in [0.15, 0.2) is 0 Å². The van der Waals surface area contributed by atoms with Crippen molar-refractivity contribution in [3.8, 4) is 28.0 Å². The normalized spacial score (nSPS) is 10.4. The Hall–Kier alpha value is -2.54. The SMILES string of the molecule is COc1ccccc1-c1cccc(-c2ccc(C)cc2)c1. The van der Waals surface area contributed by atoms with Gasteiger partial charge in [-0.1, -0.05) is 66.2 Å². The minimum absolute atomic E-state index is 0.901. The van der Waals surface area contributed by atoms with Crippen molar-refractivity contribution in [1.29, 1.82) is 0 Å². The Morgan fingerprint density at radius 1 is 0.667 bits per heavy atom. The molecule has 0 N–H and O–H groups in total. The molecule has 0 aromatic heterocycles. The molecule has 0 fully saturated rings. The predicted octanol–water partition coefficient (Wildman–Crippen LogP) is 5.34. The highest BCUT2D eigenvalue weighted by molar-refractivity contribution is 5.76. The van der Waals surface area contributed by atoms with E-state index in [-0.39, 0.29) is 0 Å². The third-order valence-electron chi connectivity index (χ3n) is 3.67. The van der Waals surface area contributed by atoms with Gasteiger partial charge in [0.1, 0.15) is 5.75 Å². The molecule has 0 aliphatic rings. The van der Waals surface area contributed by atoms with Crippen LogP contribution in [0.15, 0.2) is 72.8 Å². The molecule has 3 aromatic rings. The molecule has 3 rings (SSSR count). The fourth-order valence-electron chi connectivity index (χ4n) is 2.50. The number of para-hydroxylation sites is 1. The number of rotatable bonds is 3. The molecule has 0 aliphatic heterocycles. The van der Waals surface area contributed by atoms with E-state index in [1.807, 2.05) is 18.2 Å². The molecule has 0 spiro atoms. The monoisotopic (exact) mass is 274 g/mol. The third-order valence-corrected chi connectivity index (χ3v) is 3.67. The quantitative estimate of drug-likeness (QED) is 0.626. The molecule has 3 aromatic carbocycles. The Bertz CT molecular complexity index is 742. The van der Waals surface area contributed by atoms with Crippen LogP contribution in [0.2, 0.25) is 0 Å². The molecule has 21 heavy (non-hydrogen) atoms. The molecule has 0 saturated heterocycles. The standard InChI is InChI=1S/C20H18O/c1-15-10-12-16(13-11-15)17-6-5-7-18(14-17)19-8-3-4-9-20(19)21-2/h3-14H,1-2H3. The Kier molecular flexibility index (Phi) is 3.74. The van der Waals surface area contributed by atoms with Crippen LogP contribution in [0.1, 0.15) is 5.56 Å². The first-order chi connectivity index (χ1) is 10.3. The predicted molar refractivity (Wildman–Crippen MR) is 88.6 cm³/mol. The maximum atomic E-state index is 5.46. The smallest absolute Gasteiger partial charge is 0.126 e. The van der Waals surface area contributed by atoms with E-state index < -0.39 is 0 Å². The molecule has 0 radical (unpaired) electrons. The molecule has 0 bridgehead atoms. The average molecular weight is 274 g/mol. The van der Waals surface area contributed by atoms with Gasteiger partial charge in [-0.05, 0) is 35.7 Å². The minimum Gasteiger partial charge on any atom is -0.496 e. The lowest BCUT2D eigenvalue weighted by atomic mass is 9.98. The van der Waals surface area contributed by atoms with E-state index in [1.54, 1.807) is 7.11 Å². The van der Waals surface area contributed by atoms with Crippen molar-refractivity contribution < 1.29 is 4.74 Å². The highest BCUT2D eigenvalue weighted by Gasteiger charge is 2.06. The first kappa shape index (κ1) is 13.4. The summed E-state index contributed by atoms with van der Waals surface area (Å²) in [5, 5.41) is 0. The summed E-state index contributed by atoms with van der Waals surface area (Å²) in [6, 6.07) is 25.3. The summed E-state index contributed by atoms with van der Waals surface area (Å²) in [5.41, 5.74) is 6.02. The van der Waals surface area contributed by atoms with Crippen LogP contribution in [0.4, 0.5) is 0 Å². The van der Waals surface area contributed by atoms with Crippen LogP contribution in [-0.2, 0) is 0 Å². The topological polar surface area (TPSA) is 9.23 Å². The molecule has 0 heterocycles. The van der Waals surface area contributed by atoms with E-state index in [1.165, 1.54) is 22.3 Å². The molecule has 1 nitrogen and oxygen atoms in total. The van der Waals surface area contributed by atoms with E-state index in [9.17, 15) is 0 Å². The zero-order valence-electron chi connectivity index (χ0n) is 12.3. The fraction of sp³-hybridized carbons (Fsp3) is 0.100. The molecule has 0 saturated carbocycles. The molecule has 0 aliphatic carbocycles. The Morgan fingerprint density at radius 2 is 1.38 bits per heavy atom. The first-order valence-electron chi connectivity index (χ1n) is 7.08. The van der Waals surface area contributed by atoms with E-state index in [0.29, 0.717) is 0 Å². The zero-order valence-corrected chi connectivity index (χ0v) is 12.3. The van der Waals surface area contributed by atoms with Gasteiger partial charge in [-0.25, -0.2) is 0 Å². The van der Waals surface area contributed by atoms with Gasteiger partial charge in [0.05, 0.1) is 7.11 Å². The van der Waals surface area contributed by atoms with Crippen molar-refractivity contribution in [3.63, 3.8) is 0 Å². The fourth-order valence-corrected chi connectivity index (χ4v) is 2.50. The number of methoxy groups -OCH3 is 1. The van der Waals surface area contributed by atoms with Crippen molar-refractivity contribution in [2.45, 2.75) is 6.92 Å². The summed E-state index contributed by atoms with van der Waals surface area (Å²) in [5.74, 6) is 0.901. The van der Waals surface area contributed by atoms with E-state index >= 15 is 0 Å². The van der Waals surface area contributed by atoms with Crippen molar-refractivity contribution in [2.24, 2.45) is 0 Å². The lowest BCUT2D eigenvalue weighted by molar-refractivity contribution is 0.416. The summed E-state index contributed by atoms with van der Waals surface area (Å²) in [7, 11) is 1.71. The van der Waals surface area contributed by atoms with Gasteiger partial charge in [-0.3, -0.25) is 0 Å². The van der Waals surface area contributed by atoms with Crippen molar-refractivity contribution in [1.82, 2.24) is 0 Å². The number of benzene rings is 3. The van der Waals surface area contributed by atoms with Gasteiger partial charge in [0, 0.05) is 5.56 Å². The average Bonchev–Trinajstić information content (AvgIpc) is 2.55. The lowest BCUT2D eigenvalue weighted by Gasteiger charge is -2.10. The maximum absolute atomic E-state index is 5.46. The van der Waals surface area contributed by atoms with Crippen molar-refractivity contribution in [2.75, 3.05) is 7.11 Å². The summed E-state index contributed by atoms with van der Waals surface area (Å²) < 4.78 is 5.46. The molecule has 0 atom stereocenters. The number of hydrogen-bond acceptors (Lipinski definition) is 1. The largest absolute Gasteiger partial charge is 0.496 e. The van der Waals surface area contributed by atoms with Crippen LogP contribution in [0.25, 0.3) is 22.3 Å². The molecule has 0 unspecified atom stereocenters. The van der Waals surface area contributed by atoms with Gasteiger partial charge in [0.2, 0.25) is 0 Å². The number of hydrogen-bond donors (Lipinski definition) is 0. The minimum atomic E-state index is 0.901. The third kappa shape index (κ3) is 2.82. The summed E-state index contributed by atoms with van der Waals surface area (Å²) in [6.07, 6.45) is 0. The van der Waals surface area contributed by atoms with Crippen LogP contribution in [0, 0.1) is 6.92 Å². The van der Waals surface area contributed by atoms with Gasteiger partial charge < -0.3 is 4.74 Å². The Morgan fingerprint density at radius 3 is 2.14 bits per heavy atom. The summed E-state index contributed by atoms with van der Waals surface area (Å²) in [4.78, 5) is 0. The van der Waals surface area contributed by atoms with Gasteiger partial charge >= 0.3 is 0 Å². The van der Waals surface area contributed by atoms with E-state index in [0.717, 1.165) is 11.3 Å². The zero-order chi connectivity index (χ0) is 14.7. The van der Waals surface area contributed by atoms with Crippen molar-refractivity contribution >= 4 is 0 Å². The van der Waals surface area contributed by atoms with E-state index in [2.05, 4.69) is 61.5 Å². The molecular formula is C20H18O. The van der Waals surface area contributed by atoms with E-state index in [4.69, 9.17) is 4.74 Å². The highest BCUT2D eigenvalue weighted by atomic mass is 16.5. The summed E-state index contributed by atoms with van der Waals surface area (Å²) >= 11 is 0. The number of ether oxygens (including phenoxy) is 1. The van der Waals surface area contributed by atoms with Crippen LogP contribution in [0.3, 0.4) is 0 Å². The Labute approximate surface area is 125 Å². The second-order valence-corrected chi connectivity index (χ2v) is 5.15. The van der Waals surface area contributed by atoms with Crippen LogP contribution in [-0.4, -0.2) is 7.11 Å². The molecule has 1 heteroatoms. The second kappa shape index (κ2) is 5.84. The van der Waals surface area contributed by atoms with Crippen LogP contribution >= 0.6 is 0 Å². The van der Waals surface area contributed by atoms with Gasteiger partial charge in [-0.15, -0.1) is 0 Å². The summed E-state index contributed by atoms with van der Waals surface area (Å²) in [6.45, 7) is 2.11. The highest BCUT2D eigenvalue weighted by Crippen LogP contribution is 2.32. The molecule has 104 valence electrons. The van der Waals surface area contributed by atoms with Gasteiger partial charge in [-0.2, -0.15) is 0 Å². The number of aryl methyl sites for hydroxylation is 1. The molecular weight excluding hydrogens is 256 g/mol. The van der Waals surface area contributed by atoms with Crippen LogP contribution in [0.5, 0.6) is 5.75 Å². The van der Waals surface area contributed by atoms with Crippen molar-refractivity contribution in [3.05, 3.63) is 78.4 Å². The lowest BCUT2D eigenvalue weighted by Crippen LogP contribution is -1.88. The maximum Gasteiger partial charge on any atom is 0.126 e. The molecule has 0 amide bonds. The van der Waals surface area contributed by atoms with Crippen LogP contribution < -0.4 is 4.74 Å². The second-order valence-electron chi connectivity index (χ2n) is 5.15.